The van der Waals surface area contributed by atoms with E-state index < -0.39 is 6.10 Å². The molecule has 0 aromatic heterocycles. The van der Waals surface area contributed by atoms with Crippen LogP contribution in [0.15, 0.2) is 85.1 Å². The molecular formula is C63H108O6. The first kappa shape index (κ1) is 65.6. The van der Waals surface area contributed by atoms with E-state index in [4.69, 9.17) is 14.2 Å². The second-order valence-electron chi connectivity index (χ2n) is 19.2. The molecule has 6 heteroatoms. The molecule has 6 nitrogen and oxygen atoms in total. The van der Waals surface area contributed by atoms with Crippen molar-refractivity contribution in [2.45, 2.75) is 284 Å². The minimum atomic E-state index is -0.797. The average molecular weight is 962 g/mol. The SMILES string of the molecule is CCCCC/C=C\C/C=C\C/C=C\CCCCCCCCC(=O)OCC(COC(=O)CCCCCCC/C=C\C/C=C\CCCCCC)OC(=O)CCCCCCC/C=C\C/C=C\CCCCCC. The molecule has 0 aliphatic heterocycles. The van der Waals surface area contributed by atoms with Gasteiger partial charge < -0.3 is 14.2 Å². The van der Waals surface area contributed by atoms with E-state index in [9.17, 15) is 14.4 Å². The van der Waals surface area contributed by atoms with Gasteiger partial charge in [0, 0.05) is 19.3 Å². The van der Waals surface area contributed by atoms with Gasteiger partial charge in [0.05, 0.1) is 0 Å². The largest absolute Gasteiger partial charge is 0.462 e. The standard InChI is InChI=1S/C63H108O6/c1-4-7-10-13-16-19-22-25-28-31-32-33-36-38-41-44-47-50-53-56-62(65)68-59-60(69-63(66)57-54-51-48-45-42-39-35-30-27-24-21-18-15-12-9-6-3)58-67-61(64)55-52-49-46-43-40-37-34-29-26-23-20-17-14-11-8-5-2/h16,19-21,23-25,28-30,32-35,60H,4-15,17-18,22,26-27,31,36-59H2,1-3H3/b19-16-,23-20-,24-21-,28-25-,33-32-,34-29-,35-30-. The predicted molar refractivity (Wildman–Crippen MR) is 297 cm³/mol. The average Bonchev–Trinajstić information content (AvgIpc) is 3.35. The van der Waals surface area contributed by atoms with E-state index >= 15 is 0 Å². The molecule has 0 heterocycles. The fraction of sp³-hybridized carbons (Fsp3) is 0.730. The summed E-state index contributed by atoms with van der Waals surface area (Å²) in [5, 5.41) is 0. The zero-order valence-corrected chi connectivity index (χ0v) is 45.3. The Morgan fingerprint density at radius 2 is 0.522 bits per heavy atom. The molecule has 0 aliphatic carbocycles. The normalized spacial score (nSPS) is 12.7. The van der Waals surface area contributed by atoms with Crippen LogP contribution in [0.25, 0.3) is 0 Å². The van der Waals surface area contributed by atoms with E-state index in [0.717, 1.165) is 128 Å². The van der Waals surface area contributed by atoms with Crippen LogP contribution < -0.4 is 0 Å². The molecule has 0 aromatic carbocycles. The Kier molecular flexibility index (Phi) is 54.3. The Bertz CT molecular complexity index is 1330. The number of allylic oxidation sites excluding steroid dienone is 14. The van der Waals surface area contributed by atoms with Crippen molar-refractivity contribution in [3.63, 3.8) is 0 Å². The van der Waals surface area contributed by atoms with Crippen molar-refractivity contribution in [1.82, 2.24) is 0 Å². The van der Waals surface area contributed by atoms with E-state index in [0.29, 0.717) is 19.3 Å². The summed E-state index contributed by atoms with van der Waals surface area (Å²) >= 11 is 0. The minimum Gasteiger partial charge on any atom is -0.462 e. The van der Waals surface area contributed by atoms with Crippen LogP contribution in [0.2, 0.25) is 0 Å². The van der Waals surface area contributed by atoms with Crippen molar-refractivity contribution in [2.75, 3.05) is 13.2 Å². The second-order valence-corrected chi connectivity index (χ2v) is 19.2. The zero-order chi connectivity index (χ0) is 50.0. The molecule has 1 atom stereocenters. The Labute approximate surface area is 426 Å². The second kappa shape index (κ2) is 57.2. The number of ether oxygens (including phenoxy) is 3. The summed E-state index contributed by atoms with van der Waals surface area (Å²) in [7, 11) is 0. The Balaban J connectivity index is 4.45. The summed E-state index contributed by atoms with van der Waals surface area (Å²) in [6.07, 6.45) is 74.2. The van der Waals surface area contributed by atoms with Gasteiger partial charge in [0.25, 0.3) is 0 Å². The molecule has 0 saturated carbocycles. The number of esters is 3. The smallest absolute Gasteiger partial charge is 0.306 e. The minimum absolute atomic E-state index is 0.0939. The molecule has 396 valence electrons. The van der Waals surface area contributed by atoms with Gasteiger partial charge in [-0.05, 0) is 122 Å². The fourth-order valence-corrected chi connectivity index (χ4v) is 7.92. The Morgan fingerprint density at radius 3 is 0.841 bits per heavy atom. The number of unbranched alkanes of at least 4 members (excludes halogenated alkanes) is 27. The molecule has 0 amide bonds. The molecule has 0 N–H and O–H groups in total. The van der Waals surface area contributed by atoms with Gasteiger partial charge >= 0.3 is 17.9 Å². The molecule has 0 aromatic rings. The maximum Gasteiger partial charge on any atom is 0.306 e. The highest BCUT2D eigenvalue weighted by Gasteiger charge is 2.19. The lowest BCUT2D eigenvalue weighted by atomic mass is 10.1. The van der Waals surface area contributed by atoms with Gasteiger partial charge in [-0.3, -0.25) is 14.4 Å². The third-order valence-electron chi connectivity index (χ3n) is 12.3. The molecule has 69 heavy (non-hydrogen) atoms. The quantitative estimate of drug-likeness (QED) is 0.0262. The van der Waals surface area contributed by atoms with Crippen LogP contribution in [-0.2, 0) is 28.6 Å². The topological polar surface area (TPSA) is 78.9 Å². The van der Waals surface area contributed by atoms with Gasteiger partial charge in [-0.25, -0.2) is 0 Å². The molecular weight excluding hydrogens is 853 g/mol. The van der Waals surface area contributed by atoms with Crippen LogP contribution in [0.1, 0.15) is 278 Å². The number of carbonyl (C=O) groups excluding carboxylic acids is 3. The van der Waals surface area contributed by atoms with Crippen LogP contribution in [0.4, 0.5) is 0 Å². The highest BCUT2D eigenvalue weighted by molar-refractivity contribution is 5.71. The summed E-state index contributed by atoms with van der Waals surface area (Å²) in [6, 6.07) is 0. The van der Waals surface area contributed by atoms with Gasteiger partial charge in [0.2, 0.25) is 0 Å². The first-order valence-corrected chi connectivity index (χ1v) is 29.1. The molecule has 0 saturated heterocycles. The van der Waals surface area contributed by atoms with E-state index in [1.54, 1.807) is 0 Å². The fourth-order valence-electron chi connectivity index (χ4n) is 7.92. The van der Waals surface area contributed by atoms with Gasteiger partial charge in [-0.2, -0.15) is 0 Å². The lowest BCUT2D eigenvalue weighted by molar-refractivity contribution is -0.167. The zero-order valence-electron chi connectivity index (χ0n) is 45.3. The maximum absolute atomic E-state index is 12.9. The highest BCUT2D eigenvalue weighted by atomic mass is 16.6. The molecule has 0 rings (SSSR count). The van der Waals surface area contributed by atoms with Crippen molar-refractivity contribution < 1.29 is 28.6 Å². The third-order valence-corrected chi connectivity index (χ3v) is 12.3. The summed E-state index contributed by atoms with van der Waals surface area (Å²) in [5.41, 5.74) is 0. The Morgan fingerprint density at radius 1 is 0.290 bits per heavy atom. The molecule has 0 aliphatic rings. The Hall–Kier alpha value is -3.41. The van der Waals surface area contributed by atoms with E-state index in [1.807, 2.05) is 0 Å². The monoisotopic (exact) mass is 961 g/mol. The van der Waals surface area contributed by atoms with Crippen molar-refractivity contribution in [3.8, 4) is 0 Å². The lowest BCUT2D eigenvalue weighted by Gasteiger charge is -2.18. The lowest BCUT2D eigenvalue weighted by Crippen LogP contribution is -2.30. The van der Waals surface area contributed by atoms with E-state index in [1.165, 1.54) is 109 Å². The van der Waals surface area contributed by atoms with Crippen LogP contribution >= 0.6 is 0 Å². The summed E-state index contributed by atoms with van der Waals surface area (Å²) < 4.78 is 16.8. The number of hydrogen-bond donors (Lipinski definition) is 0. The van der Waals surface area contributed by atoms with Gasteiger partial charge in [-0.15, -0.1) is 0 Å². The van der Waals surface area contributed by atoms with E-state index in [2.05, 4.69) is 106 Å². The van der Waals surface area contributed by atoms with Crippen molar-refractivity contribution >= 4 is 17.9 Å². The third kappa shape index (κ3) is 55.4. The van der Waals surface area contributed by atoms with Crippen molar-refractivity contribution in [3.05, 3.63) is 85.1 Å². The van der Waals surface area contributed by atoms with E-state index in [-0.39, 0.29) is 31.1 Å². The van der Waals surface area contributed by atoms with Gasteiger partial charge in [-0.1, -0.05) is 221 Å². The number of carbonyl (C=O) groups is 3. The number of hydrogen-bond acceptors (Lipinski definition) is 6. The van der Waals surface area contributed by atoms with Crippen molar-refractivity contribution in [1.29, 1.82) is 0 Å². The molecule has 0 fully saturated rings. The highest BCUT2D eigenvalue weighted by Crippen LogP contribution is 2.14. The summed E-state index contributed by atoms with van der Waals surface area (Å²) in [6.45, 7) is 6.55. The number of rotatable bonds is 52. The summed E-state index contributed by atoms with van der Waals surface area (Å²) in [4.78, 5) is 38.2. The molecule has 0 spiro atoms. The molecule has 0 bridgehead atoms. The van der Waals surface area contributed by atoms with Crippen LogP contribution in [-0.4, -0.2) is 37.2 Å². The van der Waals surface area contributed by atoms with Crippen LogP contribution in [0.5, 0.6) is 0 Å². The summed E-state index contributed by atoms with van der Waals surface area (Å²) in [5.74, 6) is -0.927. The maximum atomic E-state index is 12.9. The molecule has 1 unspecified atom stereocenters. The predicted octanol–water partition coefficient (Wildman–Crippen LogP) is 19.5. The first-order chi connectivity index (χ1) is 34.0. The van der Waals surface area contributed by atoms with Gasteiger partial charge in [0.1, 0.15) is 13.2 Å². The van der Waals surface area contributed by atoms with Crippen LogP contribution in [0, 0.1) is 0 Å². The van der Waals surface area contributed by atoms with Gasteiger partial charge in [0.15, 0.2) is 6.10 Å². The van der Waals surface area contributed by atoms with Crippen LogP contribution in [0.3, 0.4) is 0 Å². The molecule has 0 radical (unpaired) electrons. The van der Waals surface area contributed by atoms with Crippen molar-refractivity contribution in [2.24, 2.45) is 0 Å². The first-order valence-electron chi connectivity index (χ1n) is 29.1.